The maximum Gasteiger partial charge on any atom is 0.0960 e. The first-order valence-electron chi connectivity index (χ1n) is 6.75. The van der Waals surface area contributed by atoms with Crippen LogP contribution in [0.4, 0.5) is 0 Å². The Kier molecular flexibility index (Phi) is 5.81. The summed E-state index contributed by atoms with van der Waals surface area (Å²) in [5, 5.41) is 7.84. The van der Waals surface area contributed by atoms with Crippen LogP contribution < -0.4 is 0 Å². The molecule has 1 aliphatic heterocycles. The smallest absolute Gasteiger partial charge is 0.0960 e. The molecular weight excluding hydrogens is 198 g/mol. The summed E-state index contributed by atoms with van der Waals surface area (Å²) in [6.07, 6.45) is 4.64. The van der Waals surface area contributed by atoms with Crippen LogP contribution in [0.3, 0.4) is 0 Å². The Hall–Kier alpha value is -0.570. The van der Waals surface area contributed by atoms with Crippen molar-refractivity contribution in [2.45, 2.75) is 52.5 Å². The van der Waals surface area contributed by atoms with E-state index in [4.69, 9.17) is 5.41 Å². The summed E-state index contributed by atoms with van der Waals surface area (Å²) < 4.78 is 0. The second-order valence-corrected chi connectivity index (χ2v) is 4.76. The fraction of sp³-hybridized carbons (Fsp3) is 0.923. The first-order valence-corrected chi connectivity index (χ1v) is 6.75. The molecule has 0 aliphatic carbocycles. The lowest BCUT2D eigenvalue weighted by molar-refractivity contribution is 0.270. The average molecular weight is 225 g/mol. The third kappa shape index (κ3) is 3.78. The molecule has 94 valence electrons. The van der Waals surface area contributed by atoms with Crippen LogP contribution in [0.1, 0.15) is 46.5 Å². The number of nitrogens with zero attached hydrogens (tertiary/aromatic N) is 2. The lowest BCUT2D eigenvalue weighted by Crippen LogP contribution is -2.34. The van der Waals surface area contributed by atoms with Crippen molar-refractivity contribution in [3.8, 4) is 0 Å². The summed E-state index contributed by atoms with van der Waals surface area (Å²) in [7, 11) is 0. The van der Waals surface area contributed by atoms with Crippen LogP contribution in [0.15, 0.2) is 0 Å². The summed E-state index contributed by atoms with van der Waals surface area (Å²) >= 11 is 0. The molecule has 3 heteroatoms. The highest BCUT2D eigenvalue weighted by molar-refractivity contribution is 5.81. The normalized spacial score (nSPS) is 18.5. The van der Waals surface area contributed by atoms with E-state index in [-0.39, 0.29) is 0 Å². The van der Waals surface area contributed by atoms with Gasteiger partial charge in [0.05, 0.1) is 5.84 Å². The molecule has 1 rings (SSSR count). The monoisotopic (exact) mass is 225 g/mol. The summed E-state index contributed by atoms with van der Waals surface area (Å²) in [5.41, 5.74) is 0. The number of rotatable bonds is 7. The Morgan fingerprint density at radius 1 is 1.38 bits per heavy atom. The predicted molar refractivity (Wildman–Crippen MR) is 70.2 cm³/mol. The first kappa shape index (κ1) is 13.5. The lowest BCUT2D eigenvalue weighted by atomic mass is 10.1. The largest absolute Gasteiger partial charge is 0.358 e. The van der Waals surface area contributed by atoms with Crippen molar-refractivity contribution >= 4 is 5.84 Å². The lowest BCUT2D eigenvalue weighted by Gasteiger charge is -2.27. The van der Waals surface area contributed by atoms with Gasteiger partial charge >= 0.3 is 0 Å². The van der Waals surface area contributed by atoms with Crippen molar-refractivity contribution in [2.75, 3.05) is 26.2 Å². The van der Waals surface area contributed by atoms with Crippen LogP contribution in [-0.4, -0.2) is 47.9 Å². The molecule has 1 unspecified atom stereocenters. The molecule has 1 aliphatic rings. The molecule has 1 N–H and O–H groups in total. The molecule has 0 saturated carbocycles. The van der Waals surface area contributed by atoms with E-state index in [1.54, 1.807) is 0 Å². The highest BCUT2D eigenvalue weighted by atomic mass is 15.2. The van der Waals surface area contributed by atoms with Crippen LogP contribution in [0.25, 0.3) is 0 Å². The topological polar surface area (TPSA) is 30.3 Å². The molecule has 0 aromatic carbocycles. The van der Waals surface area contributed by atoms with E-state index in [0.29, 0.717) is 6.04 Å². The second-order valence-electron chi connectivity index (χ2n) is 4.76. The molecule has 1 heterocycles. The van der Waals surface area contributed by atoms with Crippen LogP contribution >= 0.6 is 0 Å². The van der Waals surface area contributed by atoms with Gasteiger partial charge in [-0.2, -0.15) is 0 Å². The number of hydrogen-bond acceptors (Lipinski definition) is 2. The summed E-state index contributed by atoms with van der Waals surface area (Å²) in [5.74, 6) is 0.857. The van der Waals surface area contributed by atoms with Crippen molar-refractivity contribution < 1.29 is 0 Å². The molecule has 0 radical (unpaired) electrons. The maximum atomic E-state index is 7.84. The minimum absolute atomic E-state index is 0.561. The number of amidine groups is 1. The van der Waals surface area contributed by atoms with Gasteiger partial charge in [0.1, 0.15) is 0 Å². The van der Waals surface area contributed by atoms with Crippen LogP contribution in [0.5, 0.6) is 0 Å². The third-order valence-electron chi connectivity index (χ3n) is 3.68. The van der Waals surface area contributed by atoms with Gasteiger partial charge in [-0.3, -0.25) is 5.41 Å². The van der Waals surface area contributed by atoms with Crippen molar-refractivity contribution in [3.05, 3.63) is 0 Å². The molecule has 0 aromatic rings. The van der Waals surface area contributed by atoms with E-state index in [9.17, 15) is 0 Å². The highest BCUT2D eigenvalue weighted by Gasteiger charge is 2.21. The molecule has 1 fully saturated rings. The van der Waals surface area contributed by atoms with E-state index in [1.807, 2.05) is 0 Å². The van der Waals surface area contributed by atoms with E-state index in [0.717, 1.165) is 31.9 Å². The molecule has 0 spiro atoms. The van der Waals surface area contributed by atoms with Crippen LogP contribution in [0.2, 0.25) is 0 Å². The Morgan fingerprint density at radius 2 is 2.06 bits per heavy atom. The molecule has 1 atom stereocenters. The van der Waals surface area contributed by atoms with Crippen molar-refractivity contribution in [1.82, 2.24) is 9.80 Å². The summed E-state index contributed by atoms with van der Waals surface area (Å²) in [6, 6.07) is 0.561. The SMILES string of the molecule is CCN(CC)CCCC(C)N1CCCC1=N. The fourth-order valence-electron chi connectivity index (χ4n) is 2.49. The van der Waals surface area contributed by atoms with Crippen LogP contribution in [0, 0.1) is 5.41 Å². The Labute approximate surface area is 100 Å². The molecule has 3 nitrogen and oxygen atoms in total. The predicted octanol–water partition coefficient (Wildman–Crippen LogP) is 2.57. The molecule has 1 saturated heterocycles. The van der Waals surface area contributed by atoms with Gasteiger partial charge in [0.25, 0.3) is 0 Å². The minimum Gasteiger partial charge on any atom is -0.358 e. The molecule has 0 amide bonds. The van der Waals surface area contributed by atoms with E-state index >= 15 is 0 Å². The fourth-order valence-corrected chi connectivity index (χ4v) is 2.49. The third-order valence-corrected chi connectivity index (χ3v) is 3.68. The van der Waals surface area contributed by atoms with E-state index in [2.05, 4.69) is 30.6 Å². The average Bonchev–Trinajstić information content (AvgIpc) is 2.70. The van der Waals surface area contributed by atoms with Gasteiger partial charge < -0.3 is 9.80 Å². The number of nitrogens with one attached hydrogen (secondary N) is 1. The minimum atomic E-state index is 0.561. The van der Waals surface area contributed by atoms with Crippen molar-refractivity contribution in [2.24, 2.45) is 0 Å². The molecule has 16 heavy (non-hydrogen) atoms. The quantitative estimate of drug-likeness (QED) is 0.722. The van der Waals surface area contributed by atoms with Crippen molar-refractivity contribution in [1.29, 1.82) is 5.41 Å². The van der Waals surface area contributed by atoms with E-state index in [1.165, 1.54) is 25.8 Å². The zero-order valence-electron chi connectivity index (χ0n) is 11.1. The zero-order chi connectivity index (χ0) is 12.0. The maximum absolute atomic E-state index is 7.84. The van der Waals surface area contributed by atoms with Gasteiger partial charge in [0.2, 0.25) is 0 Å². The van der Waals surface area contributed by atoms with Gasteiger partial charge in [-0.25, -0.2) is 0 Å². The number of hydrogen-bond donors (Lipinski definition) is 1. The van der Waals surface area contributed by atoms with Gasteiger partial charge in [-0.05, 0) is 45.8 Å². The van der Waals surface area contributed by atoms with Gasteiger partial charge in [-0.15, -0.1) is 0 Å². The van der Waals surface area contributed by atoms with Gasteiger partial charge in [0, 0.05) is 19.0 Å². The molecule has 0 bridgehead atoms. The van der Waals surface area contributed by atoms with E-state index < -0.39 is 0 Å². The Bertz CT molecular complexity index is 211. The Morgan fingerprint density at radius 3 is 2.56 bits per heavy atom. The van der Waals surface area contributed by atoms with Crippen molar-refractivity contribution in [3.63, 3.8) is 0 Å². The highest BCUT2D eigenvalue weighted by Crippen LogP contribution is 2.16. The Balaban J connectivity index is 2.19. The molecular formula is C13H27N3. The number of likely N-dealkylation sites (tertiary alicyclic amines) is 1. The summed E-state index contributed by atoms with van der Waals surface area (Å²) in [6.45, 7) is 11.3. The second kappa shape index (κ2) is 6.89. The standard InChI is InChI=1S/C13H27N3/c1-4-15(5-2)10-6-8-12(3)16-11-7-9-13(16)14/h12,14H,4-11H2,1-3H3. The summed E-state index contributed by atoms with van der Waals surface area (Å²) in [4.78, 5) is 4.75. The zero-order valence-corrected chi connectivity index (χ0v) is 11.1. The first-order chi connectivity index (χ1) is 7.69. The molecule has 0 aromatic heterocycles. The van der Waals surface area contributed by atoms with Gasteiger partial charge in [-0.1, -0.05) is 13.8 Å². The van der Waals surface area contributed by atoms with Crippen LogP contribution in [-0.2, 0) is 0 Å². The van der Waals surface area contributed by atoms with Gasteiger partial charge in [0.15, 0.2) is 0 Å².